The lowest BCUT2D eigenvalue weighted by Crippen LogP contribution is -2.18. The van der Waals surface area contributed by atoms with Gasteiger partial charge in [-0.2, -0.15) is 0 Å². The van der Waals surface area contributed by atoms with Crippen molar-refractivity contribution in [3.05, 3.63) is 51.4 Å². The normalized spacial score (nSPS) is 16.2. The van der Waals surface area contributed by atoms with Gasteiger partial charge in [0, 0.05) is 10.4 Å². The number of carbonyl (C=O) groups excluding carboxylic acids is 2. The summed E-state index contributed by atoms with van der Waals surface area (Å²) in [6.07, 6.45) is 2.66. The second-order valence-corrected chi connectivity index (χ2v) is 9.35. The first-order chi connectivity index (χ1) is 13.3. The number of rotatable bonds is 5. The van der Waals surface area contributed by atoms with E-state index in [1.807, 2.05) is 38.1 Å². The van der Waals surface area contributed by atoms with Gasteiger partial charge in [-0.15, -0.1) is 11.3 Å². The summed E-state index contributed by atoms with van der Waals surface area (Å²) in [5.74, 6) is 0.473. The summed E-state index contributed by atoms with van der Waals surface area (Å²) in [5.41, 5.74) is 3.39. The van der Waals surface area contributed by atoms with E-state index in [1.165, 1.54) is 21.8 Å². The average molecular weight is 400 g/mol. The van der Waals surface area contributed by atoms with E-state index in [9.17, 15) is 9.59 Å². The number of hydrogen-bond acceptors (Lipinski definition) is 4. The molecule has 1 aromatic heterocycles. The minimum Gasteiger partial charge on any atom is -0.459 e. The van der Waals surface area contributed by atoms with E-state index >= 15 is 0 Å². The van der Waals surface area contributed by atoms with Crippen molar-refractivity contribution in [3.63, 3.8) is 0 Å². The van der Waals surface area contributed by atoms with Crippen LogP contribution in [-0.2, 0) is 17.6 Å². The summed E-state index contributed by atoms with van der Waals surface area (Å²) >= 11 is 1.52. The van der Waals surface area contributed by atoms with Gasteiger partial charge in [0.2, 0.25) is 0 Å². The molecule has 0 radical (unpaired) electrons. The summed E-state index contributed by atoms with van der Waals surface area (Å²) in [4.78, 5) is 26.8. The van der Waals surface area contributed by atoms with E-state index in [2.05, 4.69) is 26.1 Å². The Bertz CT molecular complexity index is 865. The fourth-order valence-corrected chi connectivity index (χ4v) is 4.92. The van der Waals surface area contributed by atoms with E-state index in [1.54, 1.807) is 0 Å². The first-order valence-corrected chi connectivity index (χ1v) is 10.8. The second-order valence-electron chi connectivity index (χ2n) is 8.24. The summed E-state index contributed by atoms with van der Waals surface area (Å²) in [6.45, 7) is 10.2. The van der Waals surface area contributed by atoms with Gasteiger partial charge in [-0.25, -0.2) is 4.79 Å². The van der Waals surface area contributed by atoms with Crippen LogP contribution in [0.2, 0.25) is 0 Å². The number of fused-ring (bicyclic) bond motifs is 1. The predicted molar refractivity (Wildman–Crippen MR) is 115 cm³/mol. The maximum atomic E-state index is 12.8. The number of benzene rings is 1. The molecule has 1 aliphatic rings. The first-order valence-electron chi connectivity index (χ1n) is 10.0. The Hall–Kier alpha value is -2.14. The molecule has 1 atom stereocenters. The fourth-order valence-electron chi connectivity index (χ4n) is 3.52. The quantitative estimate of drug-likeness (QED) is 0.645. The molecule has 1 N–H and O–H groups in total. The summed E-state index contributed by atoms with van der Waals surface area (Å²) < 4.78 is 5.47. The molecule has 1 aliphatic carbocycles. The summed E-state index contributed by atoms with van der Waals surface area (Å²) in [5, 5.41) is 3.59. The van der Waals surface area contributed by atoms with Crippen LogP contribution in [0.5, 0.6) is 0 Å². The van der Waals surface area contributed by atoms with Crippen molar-refractivity contribution >= 4 is 28.2 Å². The van der Waals surface area contributed by atoms with Crippen LogP contribution in [0, 0.1) is 5.92 Å². The zero-order valence-corrected chi connectivity index (χ0v) is 18.1. The van der Waals surface area contributed by atoms with Gasteiger partial charge in [0.05, 0.1) is 11.7 Å². The third kappa shape index (κ3) is 4.46. The smallest absolute Gasteiger partial charge is 0.341 e. The largest absolute Gasteiger partial charge is 0.459 e. The topological polar surface area (TPSA) is 55.4 Å². The van der Waals surface area contributed by atoms with Gasteiger partial charge >= 0.3 is 5.97 Å². The van der Waals surface area contributed by atoms with Crippen LogP contribution in [0.4, 0.5) is 5.00 Å². The van der Waals surface area contributed by atoms with Gasteiger partial charge < -0.3 is 10.1 Å². The number of esters is 1. The van der Waals surface area contributed by atoms with Gasteiger partial charge in [-0.3, -0.25) is 4.79 Å². The molecule has 0 saturated heterocycles. The SMILES string of the molecule is CC1CCc2c(sc(NC(=O)c3ccc(C(C)C)cc3)c2C(=O)OC(C)C)C1. The van der Waals surface area contributed by atoms with Crippen LogP contribution in [0.3, 0.4) is 0 Å². The minimum atomic E-state index is -0.340. The lowest BCUT2D eigenvalue weighted by molar-refractivity contribution is 0.0378. The van der Waals surface area contributed by atoms with Crippen molar-refractivity contribution in [1.29, 1.82) is 0 Å². The molecule has 1 heterocycles. The molecular formula is C23H29NO3S. The number of thiophene rings is 1. The van der Waals surface area contributed by atoms with Gasteiger partial charge in [0.1, 0.15) is 5.00 Å². The molecule has 0 bridgehead atoms. The van der Waals surface area contributed by atoms with Gasteiger partial charge in [0.15, 0.2) is 0 Å². The molecule has 3 rings (SSSR count). The Morgan fingerprint density at radius 1 is 1.14 bits per heavy atom. The van der Waals surface area contributed by atoms with Crippen molar-refractivity contribution < 1.29 is 14.3 Å². The Morgan fingerprint density at radius 2 is 1.82 bits per heavy atom. The lowest BCUT2D eigenvalue weighted by Gasteiger charge is -2.18. The molecule has 5 heteroatoms. The van der Waals surface area contributed by atoms with Crippen molar-refractivity contribution in [2.45, 2.75) is 65.9 Å². The van der Waals surface area contributed by atoms with Crippen LogP contribution in [0.1, 0.15) is 83.7 Å². The highest BCUT2D eigenvalue weighted by atomic mass is 32.1. The van der Waals surface area contributed by atoms with E-state index in [0.717, 1.165) is 24.8 Å². The van der Waals surface area contributed by atoms with Crippen LogP contribution in [0.15, 0.2) is 24.3 Å². The number of amides is 1. The molecule has 1 unspecified atom stereocenters. The highest BCUT2D eigenvalue weighted by Gasteiger charge is 2.29. The van der Waals surface area contributed by atoms with E-state index in [4.69, 9.17) is 4.74 Å². The van der Waals surface area contributed by atoms with Crippen molar-refractivity contribution in [2.24, 2.45) is 5.92 Å². The zero-order chi connectivity index (χ0) is 20.4. The van der Waals surface area contributed by atoms with Crippen LogP contribution < -0.4 is 5.32 Å². The molecule has 1 amide bonds. The van der Waals surface area contributed by atoms with Crippen molar-refractivity contribution in [1.82, 2.24) is 0 Å². The van der Waals surface area contributed by atoms with Gasteiger partial charge in [-0.05, 0) is 68.2 Å². The third-order valence-electron chi connectivity index (χ3n) is 5.13. The number of nitrogens with one attached hydrogen (secondary N) is 1. The van der Waals surface area contributed by atoms with Crippen LogP contribution in [-0.4, -0.2) is 18.0 Å². The number of hydrogen-bond donors (Lipinski definition) is 1. The Labute approximate surface area is 171 Å². The Balaban J connectivity index is 1.90. The Kier molecular flexibility index (Phi) is 6.23. The minimum absolute atomic E-state index is 0.194. The average Bonchev–Trinajstić information content (AvgIpc) is 2.98. The molecule has 150 valence electrons. The van der Waals surface area contributed by atoms with Crippen molar-refractivity contribution in [3.8, 4) is 0 Å². The standard InChI is InChI=1S/C23H29NO3S/c1-13(2)16-7-9-17(10-8-16)21(25)24-22-20(23(26)27-14(3)4)18-11-6-15(5)12-19(18)28-22/h7-10,13-15H,6,11-12H2,1-5H3,(H,24,25). The molecule has 28 heavy (non-hydrogen) atoms. The van der Waals surface area contributed by atoms with Gasteiger partial charge in [-0.1, -0.05) is 32.9 Å². The molecule has 0 fully saturated rings. The molecule has 2 aromatic rings. The highest BCUT2D eigenvalue weighted by molar-refractivity contribution is 7.17. The summed E-state index contributed by atoms with van der Waals surface area (Å²) in [7, 11) is 0. The monoisotopic (exact) mass is 399 g/mol. The number of carbonyl (C=O) groups is 2. The maximum Gasteiger partial charge on any atom is 0.341 e. The maximum absolute atomic E-state index is 12.8. The first kappa shape index (κ1) is 20.6. The van der Waals surface area contributed by atoms with E-state index in [-0.39, 0.29) is 18.0 Å². The van der Waals surface area contributed by atoms with Crippen LogP contribution >= 0.6 is 11.3 Å². The van der Waals surface area contributed by atoms with Gasteiger partial charge in [0.25, 0.3) is 5.91 Å². The van der Waals surface area contributed by atoms with Crippen LogP contribution in [0.25, 0.3) is 0 Å². The Morgan fingerprint density at radius 3 is 2.43 bits per heavy atom. The molecule has 0 saturated carbocycles. The third-order valence-corrected chi connectivity index (χ3v) is 6.29. The molecule has 1 aromatic carbocycles. The zero-order valence-electron chi connectivity index (χ0n) is 17.3. The van der Waals surface area contributed by atoms with E-state index < -0.39 is 0 Å². The van der Waals surface area contributed by atoms with E-state index in [0.29, 0.717) is 28.0 Å². The predicted octanol–water partition coefficient (Wildman–Crippen LogP) is 5.81. The fraction of sp³-hybridized carbons (Fsp3) is 0.478. The number of anilines is 1. The molecule has 0 spiro atoms. The van der Waals surface area contributed by atoms with Crippen molar-refractivity contribution in [2.75, 3.05) is 5.32 Å². The molecule has 0 aliphatic heterocycles. The molecular weight excluding hydrogens is 370 g/mol. The highest BCUT2D eigenvalue weighted by Crippen LogP contribution is 2.40. The second kappa shape index (κ2) is 8.48. The summed E-state index contributed by atoms with van der Waals surface area (Å²) in [6, 6.07) is 7.64. The lowest BCUT2D eigenvalue weighted by atomic mass is 9.88. The number of ether oxygens (including phenoxy) is 1. The molecule has 4 nitrogen and oxygen atoms in total.